The molecule has 2 aliphatic rings. The van der Waals surface area contributed by atoms with Crippen LogP contribution in [-0.2, 0) is 41.9 Å². The maximum atomic E-state index is 14.5. The second-order valence-corrected chi connectivity index (χ2v) is 22.0. The molecule has 73 heavy (non-hydrogen) atoms. The summed E-state index contributed by atoms with van der Waals surface area (Å²) in [6.07, 6.45) is 0.0822. The summed E-state index contributed by atoms with van der Waals surface area (Å²) in [5, 5.41) is 17.3. The predicted octanol–water partition coefficient (Wildman–Crippen LogP) is 4.21. The summed E-state index contributed by atoms with van der Waals surface area (Å²) in [5.74, 6) is -4.75. The number of Topliss-reactive ketones (excluding diaryl/α,β-unsaturated/α-hetero) is 2. The van der Waals surface area contributed by atoms with E-state index in [1.807, 2.05) is 52.0 Å². The van der Waals surface area contributed by atoms with Crippen LogP contribution >= 0.6 is 0 Å². The monoisotopic (exact) mass is 1010 g/mol. The number of nitrogens with zero attached hydrogens (tertiary/aromatic N) is 2. The number of amides is 6. The number of halogens is 1. The second kappa shape index (κ2) is 24.5. The molecule has 6 amide bonds. The minimum absolute atomic E-state index is 0.0161. The Balaban J connectivity index is 1.36. The van der Waals surface area contributed by atoms with Crippen molar-refractivity contribution in [1.82, 2.24) is 41.7 Å². The number of benzene rings is 3. The van der Waals surface area contributed by atoms with Gasteiger partial charge >= 0.3 is 0 Å². The molecule has 0 bridgehead atoms. The lowest BCUT2D eigenvalue weighted by Crippen LogP contribution is -2.59. The molecule has 0 spiro atoms. The molecule has 3 aromatic carbocycles. The molecule has 0 aromatic heterocycles. The van der Waals surface area contributed by atoms with E-state index in [-0.39, 0.29) is 86.2 Å². The Hall–Kier alpha value is -6.53. The number of anilines is 1. The van der Waals surface area contributed by atoms with Gasteiger partial charge in [0.05, 0.1) is 12.1 Å². The van der Waals surface area contributed by atoms with Crippen LogP contribution in [0.3, 0.4) is 0 Å². The van der Waals surface area contributed by atoms with Gasteiger partial charge in [-0.25, -0.2) is 4.39 Å². The lowest BCUT2D eigenvalue weighted by atomic mass is 9.85. The topological polar surface area (TPSA) is 241 Å². The Morgan fingerprint density at radius 3 is 1.34 bits per heavy atom. The van der Waals surface area contributed by atoms with E-state index in [1.165, 1.54) is 40.1 Å². The van der Waals surface area contributed by atoms with E-state index in [0.29, 0.717) is 5.56 Å². The Morgan fingerprint density at radius 2 is 0.986 bits per heavy atom. The molecule has 2 heterocycles. The zero-order chi connectivity index (χ0) is 54.1. The number of carbonyl (C=O) groups excluding carboxylic acids is 8. The summed E-state index contributed by atoms with van der Waals surface area (Å²) in [5.41, 5.74) is 7.88. The molecule has 2 saturated heterocycles. The fraction of sp³-hybridized carbons (Fsp3) is 0.527. The van der Waals surface area contributed by atoms with Gasteiger partial charge in [0.1, 0.15) is 30.0 Å². The first-order chi connectivity index (χ1) is 34.2. The average molecular weight is 1010 g/mol. The van der Waals surface area contributed by atoms with E-state index >= 15 is 0 Å². The van der Waals surface area contributed by atoms with Crippen molar-refractivity contribution in [2.45, 2.75) is 137 Å². The molecule has 0 aliphatic carbocycles. The van der Waals surface area contributed by atoms with Crippen molar-refractivity contribution in [3.8, 4) is 0 Å². The van der Waals surface area contributed by atoms with E-state index in [0.717, 1.165) is 11.1 Å². The average Bonchev–Trinajstić information content (AvgIpc) is 3.97. The summed E-state index contributed by atoms with van der Waals surface area (Å²) in [7, 11) is 3.26. The number of carbonyl (C=O) groups is 8. The fourth-order valence-electron chi connectivity index (χ4n) is 9.21. The molecule has 8 N–H and O–H groups in total. The highest BCUT2D eigenvalue weighted by atomic mass is 19.1. The number of likely N-dealkylation sites (tertiary alicyclic amines) is 2. The molecule has 0 unspecified atom stereocenters. The van der Waals surface area contributed by atoms with Crippen LogP contribution in [0.25, 0.3) is 0 Å². The lowest BCUT2D eigenvalue weighted by molar-refractivity contribution is -0.144. The molecule has 8 atom stereocenters. The number of hydrogen-bond acceptors (Lipinski definition) is 11. The Labute approximate surface area is 429 Å². The highest BCUT2D eigenvalue weighted by Crippen LogP contribution is 2.34. The number of nitrogens with one attached hydrogen (secondary N) is 6. The number of likely N-dealkylation sites (N-methyl/N-ethyl adjacent to an activating group) is 2. The van der Waals surface area contributed by atoms with Crippen LogP contribution in [0.4, 0.5) is 10.1 Å². The van der Waals surface area contributed by atoms with Crippen molar-refractivity contribution in [3.05, 3.63) is 100 Å². The largest absolute Gasteiger partial charge is 0.399 e. The Bertz CT molecular complexity index is 2340. The minimum atomic E-state index is -1.03. The normalized spacial score (nSPS) is 19.6. The standard InChI is InChI=1S/C55H76FN9O8/c1-31-12-14-34(15-13-31)27-60-50(70)42-20-36(29-64(42)52(72)46(54(4,5)6)62-48(68)32(2)58-10)22-44(66)38-24-39(26-41(57)25-38)45(67)23-37-21-43(51(71)61-28-35-16-18-40(56)19-17-35)65(30-37)53(73)47(55(7,8)9)63-49(69)33(3)59-11/h12-19,24-26,32-33,36-37,42-43,46-47,58-59H,20-23,27-30,57H2,1-11H3,(H,60,70)(H,61,71)(H,62,68)(H,63,69)/t32-,33-,36+,37+,42-,43-,46+,47+/m0/s1. The van der Waals surface area contributed by atoms with E-state index in [9.17, 15) is 42.7 Å². The fourth-order valence-corrected chi connectivity index (χ4v) is 9.21. The van der Waals surface area contributed by atoms with Crippen LogP contribution in [0, 0.1) is 35.4 Å². The summed E-state index contributed by atoms with van der Waals surface area (Å²) >= 11 is 0. The highest BCUT2D eigenvalue weighted by molar-refractivity contribution is 6.03. The highest BCUT2D eigenvalue weighted by Gasteiger charge is 2.47. The molecule has 2 aliphatic heterocycles. The van der Waals surface area contributed by atoms with Gasteiger partial charge in [0.15, 0.2) is 11.6 Å². The van der Waals surface area contributed by atoms with E-state index in [2.05, 4.69) is 31.9 Å². The van der Waals surface area contributed by atoms with Crippen molar-refractivity contribution in [2.24, 2.45) is 22.7 Å². The summed E-state index contributed by atoms with van der Waals surface area (Å²) < 4.78 is 13.6. The van der Waals surface area contributed by atoms with Gasteiger partial charge in [-0.2, -0.15) is 0 Å². The van der Waals surface area contributed by atoms with Crippen molar-refractivity contribution in [2.75, 3.05) is 32.9 Å². The number of ketones is 2. The number of aryl methyl sites for hydroxylation is 1. The van der Waals surface area contributed by atoms with E-state index < -0.39 is 94.3 Å². The SMILES string of the molecule is CN[C@@H](C)C(=O)N[C@H](C(=O)N1C[C@@H](CC(=O)c2cc(N)cc(C(=O)C[C@H]3C[C@@H](C(=O)NCc4ccc(F)cc4)N(C(=O)[C@@H](NC(=O)[C@H](C)NC)C(C)(C)C)C3)c2)C[C@H]1C(=O)NCc1ccc(C)cc1)C(C)(C)C. The van der Waals surface area contributed by atoms with E-state index in [1.54, 1.807) is 60.8 Å². The first-order valence-electron chi connectivity index (χ1n) is 25.1. The second-order valence-electron chi connectivity index (χ2n) is 22.0. The Kier molecular flexibility index (Phi) is 19.2. The third-order valence-corrected chi connectivity index (χ3v) is 13.9. The van der Waals surface area contributed by atoms with E-state index in [4.69, 9.17) is 5.73 Å². The van der Waals surface area contributed by atoms with Crippen molar-refractivity contribution in [3.63, 3.8) is 0 Å². The van der Waals surface area contributed by atoms with Crippen LogP contribution < -0.4 is 37.6 Å². The van der Waals surface area contributed by atoms with Crippen LogP contribution in [0.2, 0.25) is 0 Å². The van der Waals surface area contributed by atoms with Gasteiger partial charge in [-0.15, -0.1) is 0 Å². The number of rotatable bonds is 20. The van der Waals surface area contributed by atoms with Gasteiger partial charge in [0.25, 0.3) is 0 Å². The summed E-state index contributed by atoms with van der Waals surface area (Å²) in [6, 6.07) is 12.6. The molecule has 0 saturated carbocycles. The van der Waals surface area contributed by atoms with Gasteiger partial charge in [-0.05, 0) is 112 Å². The predicted molar refractivity (Wildman–Crippen MR) is 277 cm³/mol. The third kappa shape index (κ3) is 15.3. The van der Waals surface area contributed by atoms with Crippen molar-refractivity contribution in [1.29, 1.82) is 0 Å². The lowest BCUT2D eigenvalue weighted by Gasteiger charge is -2.36. The number of nitrogen functional groups attached to an aromatic ring is 1. The first kappa shape index (κ1) is 57.4. The zero-order valence-corrected chi connectivity index (χ0v) is 44.2. The van der Waals surface area contributed by atoms with Gasteiger partial charge < -0.3 is 47.4 Å². The molecule has 0 radical (unpaired) electrons. The van der Waals surface area contributed by atoms with Crippen LogP contribution in [-0.4, -0.2) is 120 Å². The van der Waals surface area contributed by atoms with Crippen molar-refractivity contribution < 1.29 is 42.7 Å². The molecule has 3 aromatic rings. The summed E-state index contributed by atoms with van der Waals surface area (Å²) in [6.45, 7) is 16.5. The zero-order valence-electron chi connectivity index (χ0n) is 44.2. The first-order valence-corrected chi connectivity index (χ1v) is 25.1. The van der Waals surface area contributed by atoms with Gasteiger partial charge in [-0.3, -0.25) is 38.4 Å². The van der Waals surface area contributed by atoms with Gasteiger partial charge in [0.2, 0.25) is 35.4 Å². The molecular weight excluding hydrogens is 934 g/mol. The van der Waals surface area contributed by atoms with Crippen molar-refractivity contribution >= 4 is 52.7 Å². The maximum Gasteiger partial charge on any atom is 0.246 e. The molecule has 18 heteroatoms. The van der Waals surface area contributed by atoms with Crippen LogP contribution in [0.15, 0.2) is 66.7 Å². The summed E-state index contributed by atoms with van der Waals surface area (Å²) in [4.78, 5) is 115. The molecule has 2 fully saturated rings. The minimum Gasteiger partial charge on any atom is -0.399 e. The van der Waals surface area contributed by atoms with Crippen LogP contribution in [0.5, 0.6) is 0 Å². The number of hydrogen-bond donors (Lipinski definition) is 7. The van der Waals surface area contributed by atoms with Gasteiger partial charge in [-0.1, -0.05) is 83.5 Å². The van der Waals surface area contributed by atoms with Crippen LogP contribution in [0.1, 0.15) is 118 Å². The third-order valence-electron chi connectivity index (χ3n) is 13.9. The molecule has 396 valence electrons. The number of nitrogens with two attached hydrogens (primary N) is 1. The molecular formula is C55H76FN9O8. The quantitative estimate of drug-likeness (QED) is 0.0625. The Morgan fingerprint density at radius 1 is 0.616 bits per heavy atom. The molecule has 5 rings (SSSR count). The maximum absolute atomic E-state index is 14.5. The smallest absolute Gasteiger partial charge is 0.246 e. The van der Waals surface area contributed by atoms with Gasteiger partial charge in [0, 0.05) is 55.8 Å². The molecule has 17 nitrogen and oxygen atoms in total.